The minimum absolute atomic E-state index is 0.114. The molecular weight excluding hydrogens is 380 g/mol. The molecule has 2 aliphatic carbocycles. The Morgan fingerprint density at radius 2 is 0.900 bits per heavy atom. The number of hydrogen-bond donors (Lipinski definition) is 0. The van der Waals surface area contributed by atoms with Gasteiger partial charge in [-0.3, -0.25) is 14.4 Å². The van der Waals surface area contributed by atoms with Crippen LogP contribution in [0, 0.1) is 34.5 Å². The molecule has 0 bridgehead atoms. The van der Waals surface area contributed by atoms with Gasteiger partial charge in [0.1, 0.15) is 0 Å². The summed E-state index contributed by atoms with van der Waals surface area (Å²) in [6.07, 6.45) is 7.36. The normalized spacial score (nSPS) is 27.9. The third kappa shape index (κ3) is 7.39. The molecule has 0 unspecified atom stereocenters. The number of ether oxygens (including phenoxy) is 2. The first-order chi connectivity index (χ1) is 13.9. The van der Waals surface area contributed by atoms with Gasteiger partial charge in [-0.1, -0.05) is 41.5 Å². The zero-order valence-corrected chi connectivity index (χ0v) is 19.9. The molecule has 2 rings (SSSR count). The molecule has 0 aromatic rings. The maximum atomic E-state index is 12.3. The highest BCUT2D eigenvalue weighted by molar-refractivity contribution is 5.85. The molecule has 0 aromatic heterocycles. The van der Waals surface area contributed by atoms with Gasteiger partial charge in [0, 0.05) is 0 Å². The summed E-state index contributed by atoms with van der Waals surface area (Å²) in [7, 11) is 0. The molecule has 0 amide bonds. The van der Waals surface area contributed by atoms with Crippen molar-refractivity contribution >= 4 is 17.7 Å². The molecule has 0 atom stereocenters. The van der Waals surface area contributed by atoms with E-state index in [0.717, 1.165) is 51.4 Å². The fraction of sp³-hybridized carbons (Fsp3) is 0.880. The summed E-state index contributed by atoms with van der Waals surface area (Å²) in [4.78, 5) is 36.6. The molecule has 0 aromatic carbocycles. The largest absolute Gasteiger partial charge is 0.457 e. The van der Waals surface area contributed by atoms with Gasteiger partial charge in [0.05, 0.1) is 11.8 Å². The van der Waals surface area contributed by atoms with Gasteiger partial charge in [0.2, 0.25) is 5.78 Å². The van der Waals surface area contributed by atoms with Crippen molar-refractivity contribution < 1.29 is 23.9 Å². The topological polar surface area (TPSA) is 69.7 Å². The highest BCUT2D eigenvalue weighted by Crippen LogP contribution is 2.41. The highest BCUT2D eigenvalue weighted by atomic mass is 16.6. The van der Waals surface area contributed by atoms with Crippen LogP contribution in [-0.4, -0.2) is 30.9 Å². The van der Waals surface area contributed by atoms with Crippen molar-refractivity contribution in [2.75, 3.05) is 13.2 Å². The fourth-order valence-corrected chi connectivity index (χ4v) is 4.97. The van der Waals surface area contributed by atoms with Crippen LogP contribution < -0.4 is 0 Å². The summed E-state index contributed by atoms with van der Waals surface area (Å²) < 4.78 is 10.4. The Hall–Kier alpha value is -1.39. The van der Waals surface area contributed by atoms with Crippen LogP contribution in [0.3, 0.4) is 0 Å². The van der Waals surface area contributed by atoms with E-state index in [1.54, 1.807) is 0 Å². The van der Waals surface area contributed by atoms with E-state index in [1.165, 1.54) is 0 Å². The monoisotopic (exact) mass is 422 g/mol. The van der Waals surface area contributed by atoms with E-state index in [1.807, 2.05) is 0 Å². The lowest BCUT2D eigenvalue weighted by atomic mass is 9.70. The zero-order valence-electron chi connectivity index (χ0n) is 19.9. The average molecular weight is 423 g/mol. The molecule has 30 heavy (non-hydrogen) atoms. The summed E-state index contributed by atoms with van der Waals surface area (Å²) >= 11 is 0. The molecule has 0 aliphatic heterocycles. The van der Waals surface area contributed by atoms with Gasteiger partial charge in [-0.05, 0) is 74.0 Å². The van der Waals surface area contributed by atoms with Crippen molar-refractivity contribution in [1.29, 1.82) is 0 Å². The van der Waals surface area contributed by atoms with Crippen LogP contribution in [0.15, 0.2) is 0 Å². The lowest BCUT2D eigenvalue weighted by Crippen LogP contribution is -2.32. The maximum absolute atomic E-state index is 12.3. The van der Waals surface area contributed by atoms with E-state index in [4.69, 9.17) is 9.47 Å². The van der Waals surface area contributed by atoms with Crippen molar-refractivity contribution in [3.63, 3.8) is 0 Å². The Morgan fingerprint density at radius 1 is 0.600 bits per heavy atom. The minimum Gasteiger partial charge on any atom is -0.457 e. The molecule has 0 spiro atoms. The second-order valence-electron chi connectivity index (χ2n) is 11.6. The van der Waals surface area contributed by atoms with E-state index >= 15 is 0 Å². The number of ketones is 1. The van der Waals surface area contributed by atoms with Crippen molar-refractivity contribution in [3.8, 4) is 0 Å². The number of carbonyl (C=O) groups is 3. The first kappa shape index (κ1) is 24.9. The van der Waals surface area contributed by atoms with Crippen LogP contribution in [0.4, 0.5) is 0 Å². The van der Waals surface area contributed by atoms with E-state index in [-0.39, 0.29) is 53.6 Å². The number of esters is 2. The number of carbonyl (C=O) groups excluding carboxylic acids is 3. The van der Waals surface area contributed by atoms with Gasteiger partial charge in [-0.2, -0.15) is 0 Å². The standard InChI is InChI=1S/C25H42O5/c1-24(2,3)19-11-7-17(8-12-19)22(27)29-15-21(26)16-30-23(28)18-9-13-20(14-10-18)25(4,5)6/h17-20H,7-16H2,1-6H3. The van der Waals surface area contributed by atoms with E-state index < -0.39 is 0 Å². The lowest BCUT2D eigenvalue weighted by molar-refractivity contribution is -0.158. The smallest absolute Gasteiger partial charge is 0.309 e. The Kier molecular flexibility index (Phi) is 8.52. The number of rotatable bonds is 6. The SMILES string of the molecule is CC(C)(C)C1CCC(C(=O)OCC(=O)COC(=O)C2CCC(C(C)(C)C)CC2)CC1. The Labute approximate surface area is 182 Å². The van der Waals surface area contributed by atoms with Crippen LogP contribution >= 0.6 is 0 Å². The Balaban J connectivity index is 1.63. The summed E-state index contributed by atoms with van der Waals surface area (Å²) in [5, 5.41) is 0. The summed E-state index contributed by atoms with van der Waals surface area (Å²) in [6, 6.07) is 0. The average Bonchev–Trinajstić information content (AvgIpc) is 2.69. The predicted molar refractivity (Wildman–Crippen MR) is 117 cm³/mol. The number of Topliss-reactive ketones (excluding diaryl/α,β-unsaturated/α-hetero) is 1. The summed E-state index contributed by atoms with van der Waals surface area (Å²) in [5.74, 6) is 0.0875. The van der Waals surface area contributed by atoms with Gasteiger partial charge in [0.25, 0.3) is 0 Å². The zero-order chi connectivity index (χ0) is 22.5. The van der Waals surface area contributed by atoms with Gasteiger partial charge in [0.15, 0.2) is 13.2 Å². The van der Waals surface area contributed by atoms with Gasteiger partial charge in [-0.15, -0.1) is 0 Å². The molecular formula is C25H42O5. The molecule has 0 radical (unpaired) electrons. The third-order valence-electron chi connectivity index (χ3n) is 7.32. The molecule has 5 heteroatoms. The highest BCUT2D eigenvalue weighted by Gasteiger charge is 2.34. The van der Waals surface area contributed by atoms with Crippen LogP contribution in [-0.2, 0) is 23.9 Å². The van der Waals surface area contributed by atoms with Crippen molar-refractivity contribution in [2.45, 2.75) is 92.9 Å². The van der Waals surface area contributed by atoms with E-state index in [0.29, 0.717) is 11.8 Å². The molecule has 2 fully saturated rings. The maximum Gasteiger partial charge on any atom is 0.309 e. The second-order valence-corrected chi connectivity index (χ2v) is 11.6. The second kappa shape index (κ2) is 10.3. The third-order valence-corrected chi connectivity index (χ3v) is 7.32. The Bertz CT molecular complexity index is 542. The van der Waals surface area contributed by atoms with Gasteiger partial charge >= 0.3 is 11.9 Å². The predicted octanol–water partition coefficient (Wildman–Crippen LogP) is 5.35. The number of hydrogen-bond acceptors (Lipinski definition) is 5. The van der Waals surface area contributed by atoms with Gasteiger partial charge in [-0.25, -0.2) is 0 Å². The van der Waals surface area contributed by atoms with Crippen molar-refractivity contribution in [1.82, 2.24) is 0 Å². The molecule has 0 saturated heterocycles. The molecule has 0 N–H and O–H groups in total. The quantitative estimate of drug-likeness (QED) is 0.540. The van der Waals surface area contributed by atoms with Crippen LogP contribution in [0.2, 0.25) is 0 Å². The van der Waals surface area contributed by atoms with Gasteiger partial charge < -0.3 is 9.47 Å². The lowest BCUT2D eigenvalue weighted by Gasteiger charge is -2.36. The van der Waals surface area contributed by atoms with Crippen LogP contribution in [0.25, 0.3) is 0 Å². The summed E-state index contributed by atoms with van der Waals surface area (Å²) in [5.41, 5.74) is 0.529. The van der Waals surface area contributed by atoms with E-state index in [9.17, 15) is 14.4 Å². The first-order valence-corrected chi connectivity index (χ1v) is 11.7. The molecule has 172 valence electrons. The van der Waals surface area contributed by atoms with Crippen molar-refractivity contribution in [2.24, 2.45) is 34.5 Å². The molecule has 5 nitrogen and oxygen atoms in total. The first-order valence-electron chi connectivity index (χ1n) is 11.7. The van der Waals surface area contributed by atoms with Crippen molar-refractivity contribution in [3.05, 3.63) is 0 Å². The molecule has 2 saturated carbocycles. The van der Waals surface area contributed by atoms with Crippen LogP contribution in [0.5, 0.6) is 0 Å². The summed E-state index contributed by atoms with van der Waals surface area (Å²) in [6.45, 7) is 12.8. The molecule has 2 aliphatic rings. The molecule has 0 heterocycles. The Morgan fingerprint density at radius 3 is 1.17 bits per heavy atom. The van der Waals surface area contributed by atoms with E-state index in [2.05, 4.69) is 41.5 Å². The minimum atomic E-state index is -0.358. The van der Waals surface area contributed by atoms with Crippen LogP contribution in [0.1, 0.15) is 92.9 Å². The fourth-order valence-electron chi connectivity index (χ4n) is 4.97.